The van der Waals surface area contributed by atoms with Crippen molar-refractivity contribution in [1.82, 2.24) is 9.21 Å². The smallest absolute Gasteiger partial charge is 0.243 e. The zero-order chi connectivity index (χ0) is 18.6. The Balaban J connectivity index is 2.12. The largest absolute Gasteiger partial charge is 0.493 e. The molecule has 1 aliphatic rings. The first-order valence-electron chi connectivity index (χ1n) is 8.25. The molecule has 0 unspecified atom stereocenters. The van der Waals surface area contributed by atoms with Crippen molar-refractivity contribution in [2.45, 2.75) is 24.7 Å². The van der Waals surface area contributed by atoms with E-state index >= 15 is 0 Å². The zero-order valence-electron chi connectivity index (χ0n) is 15.2. The summed E-state index contributed by atoms with van der Waals surface area (Å²) < 4.78 is 36.8. The Kier molecular flexibility index (Phi) is 6.29. The van der Waals surface area contributed by atoms with E-state index in [2.05, 4.69) is 6.92 Å². The highest BCUT2D eigenvalue weighted by Crippen LogP contribution is 2.30. The number of likely N-dealkylation sites (tertiary alicyclic amines) is 1. The van der Waals surface area contributed by atoms with Crippen LogP contribution < -0.4 is 9.47 Å². The monoisotopic (exact) mass is 370 g/mol. The third-order valence-corrected chi connectivity index (χ3v) is 6.36. The van der Waals surface area contributed by atoms with E-state index in [-0.39, 0.29) is 17.3 Å². The fraction of sp³-hybridized carbons (Fsp3) is 0.588. The van der Waals surface area contributed by atoms with Crippen molar-refractivity contribution >= 4 is 15.9 Å². The number of sulfonamides is 1. The molecule has 2 rings (SSSR count). The first-order chi connectivity index (χ1) is 11.8. The van der Waals surface area contributed by atoms with Gasteiger partial charge in [-0.3, -0.25) is 4.79 Å². The number of hydrogen-bond donors (Lipinski definition) is 0. The van der Waals surface area contributed by atoms with Crippen molar-refractivity contribution in [3.05, 3.63) is 18.2 Å². The minimum atomic E-state index is -3.79. The number of ether oxygens (including phenoxy) is 2. The lowest BCUT2D eigenvalue weighted by Crippen LogP contribution is -2.44. The second kappa shape index (κ2) is 8.05. The summed E-state index contributed by atoms with van der Waals surface area (Å²) in [4.78, 5) is 14.2. The molecule has 1 fully saturated rings. The van der Waals surface area contributed by atoms with Gasteiger partial charge in [0.25, 0.3) is 0 Å². The van der Waals surface area contributed by atoms with Gasteiger partial charge < -0.3 is 14.4 Å². The van der Waals surface area contributed by atoms with Crippen LogP contribution in [0.15, 0.2) is 23.1 Å². The number of amides is 1. The Hall–Kier alpha value is -1.80. The molecule has 1 heterocycles. The number of carbonyl (C=O) groups is 1. The molecule has 0 saturated carbocycles. The van der Waals surface area contributed by atoms with E-state index in [9.17, 15) is 13.2 Å². The maximum atomic E-state index is 12.7. The van der Waals surface area contributed by atoms with Gasteiger partial charge in [0.15, 0.2) is 11.5 Å². The van der Waals surface area contributed by atoms with Crippen molar-refractivity contribution in [3.63, 3.8) is 0 Å². The summed E-state index contributed by atoms with van der Waals surface area (Å²) in [6.45, 7) is 3.36. The van der Waals surface area contributed by atoms with Crippen molar-refractivity contribution in [2.24, 2.45) is 5.92 Å². The predicted molar refractivity (Wildman–Crippen MR) is 94.3 cm³/mol. The van der Waals surface area contributed by atoms with Gasteiger partial charge in [0.05, 0.1) is 25.7 Å². The molecule has 1 saturated heterocycles. The molecule has 0 aliphatic carbocycles. The maximum absolute atomic E-state index is 12.7. The standard InChI is InChI=1S/C17H26N2O5S/c1-13-7-9-19(10-8-13)17(20)12-18(2)25(21,22)14-5-6-15(23-3)16(11-14)24-4/h5-6,11,13H,7-10,12H2,1-4H3. The van der Waals surface area contributed by atoms with Crippen LogP contribution in [-0.2, 0) is 14.8 Å². The third-order valence-electron chi connectivity index (χ3n) is 4.56. The first-order valence-corrected chi connectivity index (χ1v) is 9.69. The summed E-state index contributed by atoms with van der Waals surface area (Å²) in [5.74, 6) is 1.21. The average Bonchev–Trinajstić information content (AvgIpc) is 2.61. The van der Waals surface area contributed by atoms with Gasteiger partial charge in [-0.15, -0.1) is 0 Å². The summed E-state index contributed by atoms with van der Waals surface area (Å²) in [6.07, 6.45) is 1.91. The van der Waals surface area contributed by atoms with Crippen LogP contribution in [0, 0.1) is 5.92 Å². The molecule has 0 radical (unpaired) electrons. The lowest BCUT2D eigenvalue weighted by molar-refractivity contribution is -0.132. The zero-order valence-corrected chi connectivity index (χ0v) is 16.0. The van der Waals surface area contributed by atoms with Gasteiger partial charge in [0.1, 0.15) is 0 Å². The van der Waals surface area contributed by atoms with Crippen molar-refractivity contribution < 1.29 is 22.7 Å². The summed E-state index contributed by atoms with van der Waals surface area (Å²) in [6, 6.07) is 4.38. The van der Waals surface area contributed by atoms with E-state index in [0.29, 0.717) is 30.5 Å². The van der Waals surface area contributed by atoms with Gasteiger partial charge in [-0.05, 0) is 30.9 Å². The van der Waals surface area contributed by atoms with Crippen LogP contribution in [0.2, 0.25) is 0 Å². The average molecular weight is 370 g/mol. The quantitative estimate of drug-likeness (QED) is 0.760. The van der Waals surface area contributed by atoms with Gasteiger partial charge in [-0.25, -0.2) is 8.42 Å². The maximum Gasteiger partial charge on any atom is 0.243 e. The normalized spacial score (nSPS) is 16.1. The van der Waals surface area contributed by atoms with E-state index in [1.807, 2.05) is 0 Å². The minimum Gasteiger partial charge on any atom is -0.493 e. The number of rotatable bonds is 6. The number of hydrogen-bond acceptors (Lipinski definition) is 5. The molecule has 0 atom stereocenters. The second-order valence-electron chi connectivity index (χ2n) is 6.34. The van der Waals surface area contributed by atoms with Crippen LogP contribution in [0.3, 0.4) is 0 Å². The van der Waals surface area contributed by atoms with Crippen molar-refractivity contribution in [2.75, 3.05) is 40.9 Å². The highest BCUT2D eigenvalue weighted by molar-refractivity contribution is 7.89. The number of nitrogens with zero attached hydrogens (tertiary/aromatic N) is 2. The van der Waals surface area contributed by atoms with Crippen LogP contribution in [0.5, 0.6) is 11.5 Å². The number of carbonyl (C=O) groups excluding carboxylic acids is 1. The summed E-state index contributed by atoms with van der Waals surface area (Å²) in [5, 5.41) is 0. The first kappa shape index (κ1) is 19.5. The molecule has 0 N–H and O–H groups in total. The topological polar surface area (TPSA) is 76.2 Å². The minimum absolute atomic E-state index is 0.0627. The predicted octanol–water partition coefficient (Wildman–Crippen LogP) is 1.58. The van der Waals surface area contributed by atoms with Crippen LogP contribution in [0.25, 0.3) is 0 Å². The van der Waals surface area contributed by atoms with Gasteiger partial charge in [-0.1, -0.05) is 6.92 Å². The third kappa shape index (κ3) is 4.43. The molecule has 0 spiro atoms. The molecule has 0 aromatic heterocycles. The van der Waals surface area contributed by atoms with Crippen molar-refractivity contribution in [3.8, 4) is 11.5 Å². The molecule has 1 aromatic rings. The molecular formula is C17H26N2O5S. The second-order valence-corrected chi connectivity index (χ2v) is 8.39. The van der Waals surface area contributed by atoms with E-state index < -0.39 is 10.0 Å². The number of likely N-dealkylation sites (N-methyl/N-ethyl adjacent to an activating group) is 1. The molecule has 8 heteroatoms. The fourth-order valence-corrected chi connectivity index (χ4v) is 3.93. The Morgan fingerprint density at radius 3 is 2.36 bits per heavy atom. The Morgan fingerprint density at radius 1 is 1.20 bits per heavy atom. The van der Waals surface area contributed by atoms with E-state index in [1.54, 1.807) is 4.90 Å². The van der Waals surface area contributed by atoms with E-state index in [0.717, 1.165) is 17.1 Å². The molecule has 1 aliphatic heterocycles. The molecule has 7 nitrogen and oxygen atoms in total. The number of methoxy groups -OCH3 is 2. The fourth-order valence-electron chi connectivity index (χ4n) is 2.79. The lowest BCUT2D eigenvalue weighted by atomic mass is 9.99. The molecule has 0 bridgehead atoms. The van der Waals surface area contributed by atoms with E-state index in [4.69, 9.17) is 9.47 Å². The summed E-state index contributed by atoms with van der Waals surface area (Å²) in [5.41, 5.74) is 0. The van der Waals surface area contributed by atoms with E-state index in [1.165, 1.54) is 39.5 Å². The number of benzene rings is 1. The van der Waals surface area contributed by atoms with Gasteiger partial charge in [0.2, 0.25) is 15.9 Å². The summed E-state index contributed by atoms with van der Waals surface area (Å²) in [7, 11) is 0.548. The van der Waals surface area contributed by atoms with Crippen LogP contribution in [0.4, 0.5) is 0 Å². The molecule has 140 valence electrons. The Bertz CT molecular complexity index is 712. The van der Waals surface area contributed by atoms with Crippen molar-refractivity contribution in [1.29, 1.82) is 0 Å². The summed E-state index contributed by atoms with van der Waals surface area (Å²) >= 11 is 0. The highest BCUT2D eigenvalue weighted by Gasteiger charge is 2.27. The lowest BCUT2D eigenvalue weighted by Gasteiger charge is -2.31. The molecule has 25 heavy (non-hydrogen) atoms. The number of piperidine rings is 1. The van der Waals surface area contributed by atoms with Gasteiger partial charge in [-0.2, -0.15) is 4.31 Å². The Morgan fingerprint density at radius 2 is 1.80 bits per heavy atom. The van der Waals surface area contributed by atoms with Crippen LogP contribution in [0.1, 0.15) is 19.8 Å². The Labute approximate surface area is 149 Å². The van der Waals surface area contributed by atoms with Gasteiger partial charge >= 0.3 is 0 Å². The van der Waals surface area contributed by atoms with Crippen LogP contribution >= 0.6 is 0 Å². The SMILES string of the molecule is COc1ccc(S(=O)(=O)N(C)CC(=O)N2CCC(C)CC2)cc1OC. The molecule has 1 amide bonds. The van der Waals surface area contributed by atoms with Crippen LogP contribution in [-0.4, -0.2) is 64.4 Å². The molecular weight excluding hydrogens is 344 g/mol. The highest BCUT2D eigenvalue weighted by atomic mass is 32.2. The molecule has 1 aromatic carbocycles. The van der Waals surface area contributed by atoms with Gasteiger partial charge in [0, 0.05) is 26.2 Å².